The molecule has 102 valence electrons. The third-order valence-corrected chi connectivity index (χ3v) is 3.56. The fraction of sp³-hybridized carbons (Fsp3) is 0.625. The second-order valence-corrected chi connectivity index (χ2v) is 6.07. The topological polar surface area (TPSA) is 15.3 Å². The highest BCUT2D eigenvalue weighted by Gasteiger charge is 2.15. The van der Waals surface area contributed by atoms with Crippen LogP contribution in [0.2, 0.25) is 0 Å². The quantitative estimate of drug-likeness (QED) is 0.861. The molecule has 1 aromatic carbocycles. The molecule has 0 aliphatic heterocycles. The molecule has 0 fully saturated rings. The van der Waals surface area contributed by atoms with Crippen molar-refractivity contribution in [2.45, 2.75) is 39.2 Å². The summed E-state index contributed by atoms with van der Waals surface area (Å²) in [6.07, 6.45) is 0. The summed E-state index contributed by atoms with van der Waals surface area (Å²) in [6, 6.07) is 9.43. The summed E-state index contributed by atoms with van der Waals surface area (Å²) in [6.45, 7) is 11.1. The number of hydrogen-bond donors (Lipinski definition) is 1. The van der Waals surface area contributed by atoms with Crippen molar-refractivity contribution in [1.82, 2.24) is 10.2 Å². The first-order chi connectivity index (χ1) is 8.38. The van der Waals surface area contributed by atoms with Crippen LogP contribution in [0.3, 0.4) is 0 Å². The molecule has 0 saturated heterocycles. The van der Waals surface area contributed by atoms with E-state index < -0.39 is 0 Å². The van der Waals surface area contributed by atoms with Gasteiger partial charge in [-0.05, 0) is 37.2 Å². The van der Waals surface area contributed by atoms with E-state index in [0.717, 1.165) is 13.1 Å². The van der Waals surface area contributed by atoms with Gasteiger partial charge in [-0.1, -0.05) is 52.0 Å². The van der Waals surface area contributed by atoms with Gasteiger partial charge in [-0.3, -0.25) is 0 Å². The maximum Gasteiger partial charge on any atom is 0.0446 e. The molecule has 0 aliphatic carbocycles. The van der Waals surface area contributed by atoms with Gasteiger partial charge in [0.25, 0.3) is 0 Å². The van der Waals surface area contributed by atoms with Gasteiger partial charge < -0.3 is 10.2 Å². The maximum absolute atomic E-state index is 3.40. The van der Waals surface area contributed by atoms with Crippen molar-refractivity contribution >= 4 is 0 Å². The Balaban J connectivity index is 2.82. The van der Waals surface area contributed by atoms with E-state index in [2.05, 4.69) is 69.2 Å². The molecule has 0 spiro atoms. The maximum atomic E-state index is 3.40. The fourth-order valence-corrected chi connectivity index (χ4v) is 2.02. The van der Waals surface area contributed by atoms with Crippen molar-refractivity contribution in [1.29, 1.82) is 0 Å². The van der Waals surface area contributed by atoms with E-state index >= 15 is 0 Å². The molecular formula is C16H28N2. The summed E-state index contributed by atoms with van der Waals surface area (Å²) < 4.78 is 0. The highest BCUT2D eigenvalue weighted by Crippen LogP contribution is 2.24. The van der Waals surface area contributed by atoms with Gasteiger partial charge in [0.2, 0.25) is 0 Å². The first kappa shape index (κ1) is 15.2. The molecule has 0 bridgehead atoms. The van der Waals surface area contributed by atoms with Gasteiger partial charge in [-0.2, -0.15) is 0 Å². The standard InChI is InChI=1S/C16H28N2/c1-7-18(6)12-15(17-5)13-8-10-14(11-9-13)16(2,3)4/h8-11,15,17H,7,12H2,1-6H3. The predicted molar refractivity (Wildman–Crippen MR) is 80.1 cm³/mol. The van der Waals surface area contributed by atoms with Crippen LogP contribution in [-0.2, 0) is 5.41 Å². The minimum Gasteiger partial charge on any atom is -0.312 e. The molecule has 18 heavy (non-hydrogen) atoms. The van der Waals surface area contributed by atoms with Crippen LogP contribution >= 0.6 is 0 Å². The number of likely N-dealkylation sites (N-methyl/N-ethyl adjacent to an activating group) is 2. The van der Waals surface area contributed by atoms with Crippen molar-refractivity contribution in [3.8, 4) is 0 Å². The lowest BCUT2D eigenvalue weighted by Gasteiger charge is -2.24. The SMILES string of the molecule is CCN(C)CC(NC)c1ccc(C(C)(C)C)cc1. The Morgan fingerprint density at radius 3 is 2.11 bits per heavy atom. The molecule has 0 aromatic heterocycles. The van der Waals surface area contributed by atoms with Crippen LogP contribution in [0.1, 0.15) is 44.9 Å². The molecule has 1 rings (SSSR count). The van der Waals surface area contributed by atoms with Crippen molar-refractivity contribution in [3.63, 3.8) is 0 Å². The van der Waals surface area contributed by atoms with E-state index in [1.165, 1.54) is 11.1 Å². The first-order valence-corrected chi connectivity index (χ1v) is 6.84. The van der Waals surface area contributed by atoms with E-state index in [1.54, 1.807) is 0 Å². The van der Waals surface area contributed by atoms with Crippen LogP contribution in [0, 0.1) is 0 Å². The number of hydrogen-bond acceptors (Lipinski definition) is 2. The lowest BCUT2D eigenvalue weighted by atomic mass is 9.86. The molecule has 1 N–H and O–H groups in total. The molecule has 0 radical (unpaired) electrons. The van der Waals surface area contributed by atoms with Gasteiger partial charge >= 0.3 is 0 Å². The molecule has 2 nitrogen and oxygen atoms in total. The minimum absolute atomic E-state index is 0.230. The number of benzene rings is 1. The van der Waals surface area contributed by atoms with Gasteiger partial charge in [-0.15, -0.1) is 0 Å². The van der Waals surface area contributed by atoms with E-state index in [0.29, 0.717) is 6.04 Å². The van der Waals surface area contributed by atoms with Crippen molar-refractivity contribution in [3.05, 3.63) is 35.4 Å². The van der Waals surface area contributed by atoms with Gasteiger partial charge in [-0.25, -0.2) is 0 Å². The average molecular weight is 248 g/mol. The molecule has 0 saturated carbocycles. The Kier molecular flexibility index (Phi) is 5.36. The summed E-state index contributed by atoms with van der Waals surface area (Å²) in [5.41, 5.74) is 2.99. The van der Waals surface area contributed by atoms with Crippen LogP contribution in [0.15, 0.2) is 24.3 Å². The normalized spacial score (nSPS) is 13.9. The van der Waals surface area contributed by atoms with Crippen molar-refractivity contribution in [2.75, 3.05) is 27.2 Å². The molecule has 1 unspecified atom stereocenters. The smallest absolute Gasteiger partial charge is 0.0446 e. The van der Waals surface area contributed by atoms with Gasteiger partial charge in [0.05, 0.1) is 0 Å². The average Bonchev–Trinajstić information content (AvgIpc) is 2.34. The third-order valence-electron chi connectivity index (χ3n) is 3.56. The fourth-order valence-electron chi connectivity index (χ4n) is 2.02. The van der Waals surface area contributed by atoms with Crippen molar-refractivity contribution < 1.29 is 0 Å². The number of rotatable bonds is 5. The van der Waals surface area contributed by atoms with Crippen LogP contribution < -0.4 is 5.32 Å². The molecule has 0 heterocycles. The molecule has 1 aromatic rings. The number of nitrogens with zero attached hydrogens (tertiary/aromatic N) is 1. The summed E-state index contributed by atoms with van der Waals surface area (Å²) in [4.78, 5) is 2.33. The van der Waals surface area contributed by atoms with E-state index in [9.17, 15) is 0 Å². The van der Waals surface area contributed by atoms with Gasteiger partial charge in [0, 0.05) is 12.6 Å². The predicted octanol–water partition coefficient (Wildman–Crippen LogP) is 3.20. The lowest BCUT2D eigenvalue weighted by molar-refractivity contribution is 0.311. The van der Waals surface area contributed by atoms with Crippen molar-refractivity contribution in [2.24, 2.45) is 0 Å². The molecule has 0 aliphatic rings. The Bertz CT molecular complexity index is 348. The Labute approximate surface area is 112 Å². The third kappa shape index (κ3) is 4.11. The van der Waals surface area contributed by atoms with Crippen LogP contribution in [0.4, 0.5) is 0 Å². The molecule has 2 heteroatoms. The molecule has 0 amide bonds. The Morgan fingerprint density at radius 2 is 1.72 bits per heavy atom. The zero-order valence-corrected chi connectivity index (χ0v) is 12.7. The summed E-state index contributed by atoms with van der Waals surface area (Å²) >= 11 is 0. The molecule has 1 atom stereocenters. The Morgan fingerprint density at radius 1 is 1.17 bits per heavy atom. The zero-order chi connectivity index (χ0) is 13.8. The second kappa shape index (κ2) is 6.35. The monoisotopic (exact) mass is 248 g/mol. The number of nitrogens with one attached hydrogen (secondary N) is 1. The minimum atomic E-state index is 0.230. The Hall–Kier alpha value is -0.860. The van der Waals surface area contributed by atoms with E-state index in [1.807, 2.05) is 7.05 Å². The highest BCUT2D eigenvalue weighted by atomic mass is 15.1. The lowest BCUT2D eigenvalue weighted by Crippen LogP contribution is -2.31. The largest absolute Gasteiger partial charge is 0.312 e. The van der Waals surface area contributed by atoms with Crippen LogP contribution in [0.25, 0.3) is 0 Å². The van der Waals surface area contributed by atoms with Gasteiger partial charge in [0.1, 0.15) is 0 Å². The van der Waals surface area contributed by atoms with Crippen LogP contribution in [0.5, 0.6) is 0 Å². The molecular weight excluding hydrogens is 220 g/mol. The summed E-state index contributed by atoms with van der Waals surface area (Å²) in [7, 11) is 4.19. The van der Waals surface area contributed by atoms with E-state index in [4.69, 9.17) is 0 Å². The summed E-state index contributed by atoms with van der Waals surface area (Å²) in [5.74, 6) is 0. The summed E-state index contributed by atoms with van der Waals surface area (Å²) in [5, 5.41) is 3.40. The highest BCUT2D eigenvalue weighted by molar-refractivity contribution is 5.29. The van der Waals surface area contributed by atoms with Gasteiger partial charge in [0.15, 0.2) is 0 Å². The van der Waals surface area contributed by atoms with E-state index in [-0.39, 0.29) is 5.41 Å². The van der Waals surface area contributed by atoms with Crippen LogP contribution in [-0.4, -0.2) is 32.1 Å². The second-order valence-electron chi connectivity index (χ2n) is 6.07. The first-order valence-electron chi connectivity index (χ1n) is 6.84. The zero-order valence-electron chi connectivity index (χ0n) is 12.7.